The molecule has 1 aliphatic heterocycles. The number of carbonyl (C=O) groups is 1. The van der Waals surface area contributed by atoms with Crippen LogP contribution in [0.25, 0.3) is 0 Å². The third kappa shape index (κ3) is 3.28. The van der Waals surface area contributed by atoms with Crippen LogP contribution >= 0.6 is 11.8 Å². The first-order valence-corrected chi connectivity index (χ1v) is 7.48. The zero-order chi connectivity index (χ0) is 14.0. The largest absolute Gasteiger partial charge is 0.507 e. The number of halogens is 1. The minimum Gasteiger partial charge on any atom is -0.507 e. The third-order valence-corrected chi connectivity index (χ3v) is 4.60. The van der Waals surface area contributed by atoms with Crippen molar-refractivity contribution in [2.24, 2.45) is 0 Å². The summed E-state index contributed by atoms with van der Waals surface area (Å²) >= 11 is 1.90. The topological polar surface area (TPSA) is 40.5 Å². The molecule has 0 spiro atoms. The van der Waals surface area contributed by atoms with Gasteiger partial charge >= 0.3 is 0 Å². The number of thioether (sulfide) groups is 1. The van der Waals surface area contributed by atoms with Crippen molar-refractivity contribution in [2.45, 2.75) is 26.4 Å². The highest BCUT2D eigenvalue weighted by molar-refractivity contribution is 7.99. The molecule has 1 aliphatic rings. The Morgan fingerprint density at radius 1 is 1.58 bits per heavy atom. The Labute approximate surface area is 116 Å². The minimum absolute atomic E-state index is 0.0639. The monoisotopic (exact) mass is 283 g/mol. The maximum absolute atomic E-state index is 13.5. The highest BCUT2D eigenvalue weighted by Crippen LogP contribution is 2.28. The first-order chi connectivity index (χ1) is 8.99. The first-order valence-electron chi connectivity index (χ1n) is 6.33. The molecule has 104 valence electrons. The predicted molar refractivity (Wildman–Crippen MR) is 75.3 cm³/mol. The number of hydrogen-bond donors (Lipinski definition) is 1. The summed E-state index contributed by atoms with van der Waals surface area (Å²) in [6.07, 6.45) is 0. The molecule has 1 saturated heterocycles. The van der Waals surface area contributed by atoms with Gasteiger partial charge in [-0.3, -0.25) is 9.69 Å². The van der Waals surface area contributed by atoms with Crippen LogP contribution in [0.3, 0.4) is 0 Å². The SMILES string of the molecule is CC(=O)c1cc(F)cc(CN2CCSCC2C)c1O. The van der Waals surface area contributed by atoms with Crippen molar-refractivity contribution in [3.8, 4) is 5.75 Å². The number of phenolic OH excluding ortho intramolecular Hbond substituents is 1. The highest BCUT2D eigenvalue weighted by Gasteiger charge is 2.21. The predicted octanol–water partition coefficient (Wildman–Crippen LogP) is 2.67. The molecular weight excluding hydrogens is 265 g/mol. The summed E-state index contributed by atoms with van der Waals surface area (Å²) in [5.41, 5.74) is 0.554. The van der Waals surface area contributed by atoms with Crippen LogP contribution in [0.15, 0.2) is 12.1 Å². The summed E-state index contributed by atoms with van der Waals surface area (Å²) in [6.45, 7) is 4.84. The van der Waals surface area contributed by atoms with Gasteiger partial charge in [-0.15, -0.1) is 0 Å². The lowest BCUT2D eigenvalue weighted by Crippen LogP contribution is -2.39. The lowest BCUT2D eigenvalue weighted by Gasteiger charge is -2.33. The van der Waals surface area contributed by atoms with Gasteiger partial charge in [0.15, 0.2) is 5.78 Å². The molecule has 1 atom stereocenters. The number of Topliss-reactive ketones (excluding diaryl/α,β-unsaturated/α-hetero) is 1. The number of nitrogens with zero attached hydrogens (tertiary/aromatic N) is 1. The Bertz CT molecular complexity index is 493. The number of carbonyl (C=O) groups excluding carboxylic acids is 1. The summed E-state index contributed by atoms with van der Waals surface area (Å²) in [4.78, 5) is 13.6. The van der Waals surface area contributed by atoms with Gasteiger partial charge in [0.05, 0.1) is 5.56 Å². The van der Waals surface area contributed by atoms with E-state index in [9.17, 15) is 14.3 Å². The summed E-state index contributed by atoms with van der Waals surface area (Å²) in [7, 11) is 0. The number of ketones is 1. The van der Waals surface area contributed by atoms with Crippen molar-refractivity contribution < 1.29 is 14.3 Å². The second-order valence-corrected chi connectivity index (χ2v) is 6.06. The summed E-state index contributed by atoms with van der Waals surface area (Å²) in [6, 6.07) is 2.80. The van der Waals surface area contributed by atoms with Crippen LogP contribution in [0.2, 0.25) is 0 Å². The van der Waals surface area contributed by atoms with E-state index < -0.39 is 5.82 Å². The van der Waals surface area contributed by atoms with E-state index in [1.165, 1.54) is 13.0 Å². The quantitative estimate of drug-likeness (QED) is 0.866. The normalized spacial score (nSPS) is 20.5. The van der Waals surface area contributed by atoms with E-state index in [4.69, 9.17) is 0 Å². The van der Waals surface area contributed by atoms with E-state index in [2.05, 4.69) is 11.8 Å². The Morgan fingerprint density at radius 2 is 2.32 bits per heavy atom. The zero-order valence-corrected chi connectivity index (χ0v) is 12.0. The van der Waals surface area contributed by atoms with Crippen molar-refractivity contribution in [1.29, 1.82) is 0 Å². The van der Waals surface area contributed by atoms with Crippen molar-refractivity contribution in [3.63, 3.8) is 0 Å². The van der Waals surface area contributed by atoms with Gasteiger partial charge in [-0.05, 0) is 26.0 Å². The van der Waals surface area contributed by atoms with Crippen LogP contribution in [0.4, 0.5) is 4.39 Å². The van der Waals surface area contributed by atoms with E-state index in [0.29, 0.717) is 18.2 Å². The minimum atomic E-state index is -0.475. The fraction of sp³-hybridized carbons (Fsp3) is 0.500. The van der Waals surface area contributed by atoms with Gasteiger partial charge in [0.2, 0.25) is 0 Å². The zero-order valence-electron chi connectivity index (χ0n) is 11.1. The molecule has 1 unspecified atom stereocenters. The van der Waals surface area contributed by atoms with Crippen LogP contribution in [0, 0.1) is 5.82 Å². The lowest BCUT2D eigenvalue weighted by molar-refractivity contribution is 0.101. The molecule has 0 aromatic heterocycles. The maximum atomic E-state index is 13.5. The van der Waals surface area contributed by atoms with Crippen LogP contribution in [0.1, 0.15) is 29.8 Å². The van der Waals surface area contributed by atoms with Gasteiger partial charge in [-0.2, -0.15) is 11.8 Å². The Balaban J connectivity index is 2.26. The second-order valence-electron chi connectivity index (χ2n) is 4.91. The van der Waals surface area contributed by atoms with Crippen molar-refractivity contribution in [2.75, 3.05) is 18.1 Å². The Hall–Kier alpha value is -1.07. The smallest absolute Gasteiger partial charge is 0.163 e. The molecule has 0 amide bonds. The molecule has 1 N–H and O–H groups in total. The van der Waals surface area contributed by atoms with Gasteiger partial charge in [-0.1, -0.05) is 0 Å². The number of benzene rings is 1. The van der Waals surface area contributed by atoms with Crippen LogP contribution in [-0.2, 0) is 6.54 Å². The lowest BCUT2D eigenvalue weighted by atomic mass is 10.0. The number of hydrogen-bond acceptors (Lipinski definition) is 4. The maximum Gasteiger partial charge on any atom is 0.163 e. The Morgan fingerprint density at radius 3 is 2.95 bits per heavy atom. The molecular formula is C14H18FNO2S. The molecule has 1 heterocycles. The summed E-state index contributed by atoms with van der Waals surface area (Å²) in [5, 5.41) is 10.1. The van der Waals surface area contributed by atoms with Gasteiger partial charge in [0, 0.05) is 36.2 Å². The van der Waals surface area contributed by atoms with Crippen molar-refractivity contribution in [1.82, 2.24) is 4.90 Å². The fourth-order valence-electron chi connectivity index (χ4n) is 2.26. The van der Waals surface area contributed by atoms with Gasteiger partial charge in [0.1, 0.15) is 11.6 Å². The number of phenols is 1. The van der Waals surface area contributed by atoms with Crippen LogP contribution in [0.5, 0.6) is 5.75 Å². The molecule has 1 aromatic rings. The molecule has 2 rings (SSSR count). The van der Waals surface area contributed by atoms with E-state index in [-0.39, 0.29) is 17.1 Å². The van der Waals surface area contributed by atoms with E-state index in [1.807, 2.05) is 11.8 Å². The van der Waals surface area contributed by atoms with Crippen LogP contribution in [-0.4, -0.2) is 39.9 Å². The van der Waals surface area contributed by atoms with Crippen molar-refractivity contribution >= 4 is 17.5 Å². The average Bonchev–Trinajstić information content (AvgIpc) is 2.35. The second kappa shape index (κ2) is 5.92. The summed E-state index contributed by atoms with van der Waals surface area (Å²) in [5.74, 6) is 1.20. The summed E-state index contributed by atoms with van der Waals surface area (Å²) < 4.78 is 13.5. The molecule has 3 nitrogen and oxygen atoms in total. The fourth-order valence-corrected chi connectivity index (χ4v) is 3.34. The standard InChI is InChI=1S/C14H18FNO2S/c1-9-8-19-4-3-16(9)7-11-5-12(15)6-13(10(2)17)14(11)18/h5-6,9,18H,3-4,7-8H2,1-2H3. The highest BCUT2D eigenvalue weighted by atomic mass is 32.2. The van der Waals surface area contributed by atoms with Gasteiger partial charge in [-0.25, -0.2) is 4.39 Å². The molecule has 19 heavy (non-hydrogen) atoms. The Kier molecular flexibility index (Phi) is 4.47. The molecule has 1 fully saturated rings. The van der Waals surface area contributed by atoms with Gasteiger partial charge in [0.25, 0.3) is 0 Å². The van der Waals surface area contributed by atoms with Crippen LogP contribution < -0.4 is 0 Å². The molecule has 0 aliphatic carbocycles. The molecule has 0 bridgehead atoms. The molecule has 0 radical (unpaired) electrons. The van der Waals surface area contributed by atoms with E-state index in [0.717, 1.165) is 24.1 Å². The van der Waals surface area contributed by atoms with E-state index >= 15 is 0 Å². The van der Waals surface area contributed by atoms with Crippen molar-refractivity contribution in [3.05, 3.63) is 29.1 Å². The first kappa shape index (κ1) is 14.3. The molecule has 1 aromatic carbocycles. The number of aromatic hydroxyl groups is 1. The molecule has 5 heteroatoms. The van der Waals surface area contributed by atoms with E-state index in [1.54, 1.807) is 0 Å². The molecule has 0 saturated carbocycles. The number of rotatable bonds is 3. The van der Waals surface area contributed by atoms with Gasteiger partial charge < -0.3 is 5.11 Å². The average molecular weight is 283 g/mol. The third-order valence-electron chi connectivity index (χ3n) is 3.41.